The molecule has 3 rings (SSSR count). The van der Waals surface area contributed by atoms with E-state index in [1.165, 1.54) is 40.4 Å². The van der Waals surface area contributed by atoms with E-state index in [0.717, 1.165) is 0 Å². The average Bonchev–Trinajstić information content (AvgIpc) is 2.73. The van der Waals surface area contributed by atoms with Gasteiger partial charge in [0.25, 0.3) is 0 Å². The van der Waals surface area contributed by atoms with Gasteiger partial charge in [-0.15, -0.1) is 0 Å². The lowest BCUT2D eigenvalue weighted by Crippen LogP contribution is -2.40. The van der Waals surface area contributed by atoms with Crippen molar-refractivity contribution in [1.82, 2.24) is 4.72 Å². The van der Waals surface area contributed by atoms with Crippen LogP contribution in [0.4, 0.5) is 0 Å². The number of hydrogen-bond donors (Lipinski definition) is 1. The van der Waals surface area contributed by atoms with Crippen LogP contribution < -0.4 is 10.0 Å². The molecule has 0 fully saturated rings. The number of benzene rings is 2. The number of rotatable bonds is 5. The van der Waals surface area contributed by atoms with Crippen molar-refractivity contribution in [2.45, 2.75) is 135 Å². The van der Waals surface area contributed by atoms with E-state index in [1.807, 2.05) is 0 Å². The fraction of sp³-hybridized carbons (Fsp3) is 0.636. The van der Waals surface area contributed by atoms with E-state index in [4.69, 9.17) is 0 Å². The quantitative estimate of drug-likeness (QED) is 0.376. The van der Waals surface area contributed by atoms with Crippen LogP contribution in [0, 0.1) is 0 Å². The highest BCUT2D eigenvalue weighted by Crippen LogP contribution is 2.59. The molecule has 37 heavy (non-hydrogen) atoms. The van der Waals surface area contributed by atoms with Crippen molar-refractivity contribution in [3.8, 4) is 0 Å². The van der Waals surface area contributed by atoms with E-state index in [0.29, 0.717) is 0 Å². The third-order valence-electron chi connectivity index (χ3n) is 7.82. The first-order valence-electron chi connectivity index (χ1n) is 13.9. The Morgan fingerprint density at radius 2 is 1.30 bits per heavy atom. The highest BCUT2D eigenvalue weighted by atomic mass is 32.2. The summed E-state index contributed by atoms with van der Waals surface area (Å²) in [6.07, 6.45) is 2.38. The van der Waals surface area contributed by atoms with Crippen LogP contribution in [0.1, 0.15) is 131 Å². The second-order valence-electron chi connectivity index (χ2n) is 15.2. The molecule has 2 nitrogen and oxygen atoms in total. The van der Waals surface area contributed by atoms with E-state index < -0.39 is 18.9 Å². The van der Waals surface area contributed by atoms with Crippen LogP contribution >= 0.6 is 7.92 Å². The molecule has 0 aromatic heterocycles. The molecule has 1 aliphatic rings. The number of fused-ring (bicyclic) bond motifs is 1. The fourth-order valence-electron chi connectivity index (χ4n) is 6.04. The molecule has 0 radical (unpaired) electrons. The molecule has 0 heterocycles. The third-order valence-corrected chi connectivity index (χ3v) is 13.0. The Balaban J connectivity index is 2.29. The van der Waals surface area contributed by atoms with E-state index in [2.05, 4.69) is 137 Å². The third kappa shape index (κ3) is 6.59. The predicted molar refractivity (Wildman–Crippen MR) is 167 cm³/mol. The molecule has 2 aromatic carbocycles. The Morgan fingerprint density at radius 1 is 0.784 bits per heavy atom. The van der Waals surface area contributed by atoms with Crippen LogP contribution in [0.2, 0.25) is 0 Å². The molecular weight excluding hydrogens is 489 g/mol. The van der Waals surface area contributed by atoms with Crippen molar-refractivity contribution < 1.29 is 4.21 Å². The smallest absolute Gasteiger partial charge is 0.0979 e. The first-order valence-corrected chi connectivity index (χ1v) is 16.4. The van der Waals surface area contributed by atoms with Crippen molar-refractivity contribution in [2.75, 3.05) is 0 Å². The Hall–Kier alpha value is -1.02. The van der Waals surface area contributed by atoms with E-state index in [-0.39, 0.29) is 31.9 Å². The molecule has 0 amide bonds. The maximum atomic E-state index is 13.6. The number of nitrogens with one attached hydrogen (secondary N) is 1. The normalized spacial score (nSPS) is 19.4. The Morgan fingerprint density at radius 3 is 1.81 bits per heavy atom. The molecular formula is C33H52NOPS. The van der Waals surface area contributed by atoms with Crippen LogP contribution in [0.5, 0.6) is 0 Å². The van der Waals surface area contributed by atoms with Gasteiger partial charge in [-0.1, -0.05) is 120 Å². The van der Waals surface area contributed by atoms with Gasteiger partial charge in [0.15, 0.2) is 0 Å². The van der Waals surface area contributed by atoms with Gasteiger partial charge >= 0.3 is 0 Å². The lowest BCUT2D eigenvalue weighted by atomic mass is 9.63. The summed E-state index contributed by atoms with van der Waals surface area (Å²) in [6.45, 7) is 29.9. The maximum absolute atomic E-state index is 13.6. The number of hydrogen-bond acceptors (Lipinski definition) is 1. The molecule has 0 saturated heterocycles. The minimum atomic E-state index is -1.21. The molecule has 1 aliphatic carbocycles. The van der Waals surface area contributed by atoms with Gasteiger partial charge in [0.1, 0.15) is 0 Å². The molecule has 0 bridgehead atoms. The first-order chi connectivity index (χ1) is 16.7. The highest BCUT2D eigenvalue weighted by molar-refractivity contribution is 7.84. The Bertz CT molecular complexity index is 1130. The topological polar surface area (TPSA) is 29.1 Å². The van der Waals surface area contributed by atoms with E-state index >= 15 is 0 Å². The summed E-state index contributed by atoms with van der Waals surface area (Å²) in [6, 6.07) is 15.9. The standard InChI is InChI=1S/C33H52NOPS/c1-29(2,3)36(30(4,5)6)27-17-15-14-16-24(27)28(34-37(35)31(7,8)9)23-18-19-25-26(22-23)33(12,13)21-20-32(25,10)11/h14-19,22,28,34H,20-21H2,1-13H3/t28-,37?/m0/s1. The van der Waals surface area contributed by atoms with Crippen LogP contribution in [0.25, 0.3) is 0 Å². The summed E-state index contributed by atoms with van der Waals surface area (Å²) in [7, 11) is -1.73. The van der Waals surface area contributed by atoms with Crippen molar-refractivity contribution >= 4 is 24.2 Å². The molecule has 2 aromatic rings. The fourth-order valence-corrected chi connectivity index (χ4v) is 11.0. The monoisotopic (exact) mass is 541 g/mol. The van der Waals surface area contributed by atoms with Gasteiger partial charge in [-0.05, 0) is 82.3 Å². The lowest BCUT2D eigenvalue weighted by Gasteiger charge is -2.44. The summed E-state index contributed by atoms with van der Waals surface area (Å²) < 4.78 is 16.9. The molecule has 0 spiro atoms. The van der Waals surface area contributed by atoms with Crippen LogP contribution in [0.3, 0.4) is 0 Å². The summed E-state index contributed by atoms with van der Waals surface area (Å²) in [5.41, 5.74) is 5.68. The van der Waals surface area contributed by atoms with E-state index in [1.54, 1.807) is 0 Å². The SMILES string of the molecule is CC1(C)CCC(C)(C)c2cc([C@H](NS(=O)C(C)(C)C)c3ccccc3P(C(C)(C)C)C(C)(C)C)ccc21. The minimum Gasteiger partial charge on any atom is -0.242 e. The van der Waals surface area contributed by atoms with Gasteiger partial charge in [0.2, 0.25) is 0 Å². The van der Waals surface area contributed by atoms with Crippen molar-refractivity contribution in [1.29, 1.82) is 0 Å². The van der Waals surface area contributed by atoms with Gasteiger partial charge in [-0.25, -0.2) is 8.93 Å². The van der Waals surface area contributed by atoms with Crippen LogP contribution in [-0.4, -0.2) is 19.3 Å². The first kappa shape index (κ1) is 30.5. The van der Waals surface area contributed by atoms with Gasteiger partial charge in [-0.2, -0.15) is 0 Å². The lowest BCUT2D eigenvalue weighted by molar-refractivity contribution is 0.331. The average molecular weight is 542 g/mol. The zero-order valence-electron chi connectivity index (χ0n) is 25.8. The predicted octanol–water partition coefficient (Wildman–Crippen LogP) is 8.88. The molecule has 0 saturated carbocycles. The summed E-state index contributed by atoms with van der Waals surface area (Å²) in [5, 5.41) is 1.69. The second kappa shape index (κ2) is 10.2. The molecule has 2 atom stereocenters. The van der Waals surface area contributed by atoms with Crippen molar-refractivity contribution in [3.05, 3.63) is 64.7 Å². The maximum Gasteiger partial charge on any atom is 0.0979 e. The molecule has 206 valence electrons. The molecule has 4 heteroatoms. The second-order valence-corrected chi connectivity index (χ2v) is 21.1. The summed E-state index contributed by atoms with van der Waals surface area (Å²) in [5.74, 6) is 0. The molecule has 0 aliphatic heterocycles. The van der Waals surface area contributed by atoms with Crippen LogP contribution in [-0.2, 0) is 21.8 Å². The summed E-state index contributed by atoms with van der Waals surface area (Å²) in [4.78, 5) is 0. The Kier molecular flexibility index (Phi) is 8.40. The summed E-state index contributed by atoms with van der Waals surface area (Å²) >= 11 is 0. The largest absolute Gasteiger partial charge is 0.242 e. The molecule has 1 unspecified atom stereocenters. The zero-order chi connectivity index (χ0) is 28.2. The van der Waals surface area contributed by atoms with Gasteiger partial charge in [0, 0.05) is 0 Å². The van der Waals surface area contributed by atoms with Crippen molar-refractivity contribution in [2.24, 2.45) is 0 Å². The van der Waals surface area contributed by atoms with Gasteiger partial charge in [-0.3, -0.25) is 0 Å². The van der Waals surface area contributed by atoms with Gasteiger partial charge < -0.3 is 0 Å². The van der Waals surface area contributed by atoms with Crippen molar-refractivity contribution in [3.63, 3.8) is 0 Å². The van der Waals surface area contributed by atoms with Gasteiger partial charge in [0.05, 0.1) is 21.8 Å². The minimum absolute atomic E-state index is 0.123. The zero-order valence-corrected chi connectivity index (χ0v) is 27.5. The van der Waals surface area contributed by atoms with Crippen LogP contribution in [0.15, 0.2) is 42.5 Å². The highest BCUT2D eigenvalue weighted by Gasteiger charge is 2.40. The van der Waals surface area contributed by atoms with E-state index in [9.17, 15) is 4.21 Å². The molecule has 1 N–H and O–H groups in total. The Labute approximate surface area is 232 Å².